The fourth-order valence-electron chi connectivity index (χ4n) is 2.21. The molecule has 4 heteroatoms. The number of ketones is 1. The average molecular weight is 433 g/mol. The van der Waals surface area contributed by atoms with Crippen molar-refractivity contribution in [2.45, 2.75) is 3.71 Å². The van der Waals surface area contributed by atoms with Crippen molar-refractivity contribution in [2.24, 2.45) is 7.05 Å². The van der Waals surface area contributed by atoms with Gasteiger partial charge >= 0.3 is 149 Å². The van der Waals surface area contributed by atoms with E-state index in [0.29, 0.717) is 0 Å². The number of carbonyl (C=O) groups is 1. The molecule has 0 N–H and O–H groups in total. The number of nitrogens with zero attached hydrogens (tertiary/aromatic N) is 1. The molecule has 1 aromatic heterocycles. The van der Waals surface area contributed by atoms with E-state index in [2.05, 4.69) is 48.5 Å². The molecule has 0 fully saturated rings. The van der Waals surface area contributed by atoms with E-state index < -0.39 is 0 Å². The van der Waals surface area contributed by atoms with Crippen LogP contribution >= 0.6 is 0 Å². The van der Waals surface area contributed by atoms with Crippen molar-refractivity contribution in [3.63, 3.8) is 0 Å². The molecule has 0 radical (unpaired) electrons. The Labute approximate surface area is 149 Å². The molecule has 23 heavy (non-hydrogen) atoms. The second-order valence-electron chi connectivity index (χ2n) is 5.06. The summed E-state index contributed by atoms with van der Waals surface area (Å²) < 4.78 is 4.57. The minimum atomic E-state index is 0.0772. The van der Waals surface area contributed by atoms with Gasteiger partial charge in [0, 0.05) is 0 Å². The van der Waals surface area contributed by atoms with Gasteiger partial charge in [0.05, 0.1) is 0 Å². The quantitative estimate of drug-likeness (QED) is 0.431. The summed E-state index contributed by atoms with van der Waals surface area (Å²) in [6, 6.07) is 24.6. The summed E-state index contributed by atoms with van der Waals surface area (Å²) in [7, 11) is 1.94. The van der Waals surface area contributed by atoms with Gasteiger partial charge < -0.3 is 0 Å². The number of carbonyl (C=O) groups excluding carboxylic acids is 1. The second kappa shape index (κ2) is 7.81. The molecule has 0 atom stereocenters. The van der Waals surface area contributed by atoms with Crippen LogP contribution in [-0.4, -0.2) is 40.3 Å². The number of hydrogen-bond acceptors (Lipinski definition) is 1. The van der Waals surface area contributed by atoms with Gasteiger partial charge in [0.25, 0.3) is 0 Å². The number of Topliss-reactive ketones (excluding diaryl/α,β-unsaturated/α-hetero) is 1. The van der Waals surface area contributed by atoms with Crippen LogP contribution in [0.5, 0.6) is 0 Å². The Balaban J connectivity index is 1.86. The Kier molecular flexibility index (Phi) is 5.53. The average Bonchev–Trinajstić information content (AvgIpc) is 3.01. The Hall–Kier alpha value is -1.57. The first-order valence-electron chi connectivity index (χ1n) is 7.33. The van der Waals surface area contributed by atoms with Crippen molar-refractivity contribution < 1.29 is 4.79 Å². The molecule has 0 aliphatic heterocycles. The SMILES string of the molecule is Cn1cccc1C(=O)C([Se]c1ccccc1)[Se]c1ccccc1. The van der Waals surface area contributed by atoms with Crippen molar-refractivity contribution >= 4 is 44.6 Å². The summed E-state index contributed by atoms with van der Waals surface area (Å²) >= 11 is 0.275. The van der Waals surface area contributed by atoms with Gasteiger partial charge in [0.15, 0.2) is 0 Å². The fourth-order valence-corrected chi connectivity index (χ4v) is 8.57. The van der Waals surface area contributed by atoms with Crippen LogP contribution in [0, 0.1) is 0 Å². The van der Waals surface area contributed by atoms with Crippen molar-refractivity contribution in [2.75, 3.05) is 0 Å². The van der Waals surface area contributed by atoms with Crippen molar-refractivity contribution in [3.8, 4) is 0 Å². The first kappa shape index (κ1) is 16.3. The second-order valence-corrected chi connectivity index (χ2v) is 11.5. The molecular formula is C19H17NOSe2. The van der Waals surface area contributed by atoms with Crippen LogP contribution in [0.3, 0.4) is 0 Å². The van der Waals surface area contributed by atoms with Crippen molar-refractivity contribution in [1.82, 2.24) is 4.57 Å². The van der Waals surface area contributed by atoms with E-state index in [0.717, 1.165) is 5.69 Å². The number of benzene rings is 2. The third-order valence-corrected chi connectivity index (χ3v) is 9.56. The van der Waals surface area contributed by atoms with Gasteiger partial charge in [-0.15, -0.1) is 0 Å². The Morgan fingerprint density at radius 1 is 0.826 bits per heavy atom. The molecule has 0 saturated heterocycles. The minimum absolute atomic E-state index is 0.0772. The van der Waals surface area contributed by atoms with E-state index in [4.69, 9.17) is 0 Å². The van der Waals surface area contributed by atoms with Gasteiger partial charge in [-0.05, 0) is 0 Å². The summed E-state index contributed by atoms with van der Waals surface area (Å²) in [5.41, 5.74) is 0.811. The van der Waals surface area contributed by atoms with Crippen LogP contribution in [0.25, 0.3) is 0 Å². The van der Waals surface area contributed by atoms with E-state index in [1.54, 1.807) is 0 Å². The monoisotopic (exact) mass is 435 g/mol. The zero-order chi connectivity index (χ0) is 16.1. The first-order valence-corrected chi connectivity index (χ1v) is 11.0. The molecule has 2 nitrogen and oxygen atoms in total. The van der Waals surface area contributed by atoms with E-state index in [1.165, 1.54) is 8.92 Å². The van der Waals surface area contributed by atoms with Gasteiger partial charge in [-0.2, -0.15) is 0 Å². The first-order chi connectivity index (χ1) is 11.2. The van der Waals surface area contributed by atoms with Crippen LogP contribution in [0.2, 0.25) is 3.71 Å². The maximum atomic E-state index is 13.0. The Morgan fingerprint density at radius 3 is 1.78 bits per heavy atom. The molecule has 0 aliphatic rings. The molecule has 3 rings (SSSR count). The van der Waals surface area contributed by atoms with Crippen LogP contribution in [0.1, 0.15) is 10.5 Å². The molecule has 2 aromatic carbocycles. The molecule has 1 heterocycles. The van der Waals surface area contributed by atoms with Crippen LogP contribution in [0.4, 0.5) is 0 Å². The third kappa shape index (κ3) is 4.24. The number of hydrogen-bond donors (Lipinski definition) is 0. The summed E-state index contributed by atoms with van der Waals surface area (Å²) in [4.78, 5) is 13.0. The molecule has 0 amide bonds. The molecule has 0 aliphatic carbocycles. The molecule has 0 bridgehead atoms. The number of aryl methyl sites for hydroxylation is 1. The number of rotatable bonds is 6. The van der Waals surface area contributed by atoms with Gasteiger partial charge in [-0.1, -0.05) is 0 Å². The van der Waals surface area contributed by atoms with Crippen molar-refractivity contribution in [1.29, 1.82) is 0 Å². The zero-order valence-electron chi connectivity index (χ0n) is 12.8. The summed E-state index contributed by atoms with van der Waals surface area (Å²) in [5, 5.41) is 0. The normalized spacial score (nSPS) is 10.9. The van der Waals surface area contributed by atoms with Crippen molar-refractivity contribution in [3.05, 3.63) is 84.7 Å². The molecular weight excluding hydrogens is 416 g/mol. The molecule has 0 saturated carbocycles. The van der Waals surface area contributed by atoms with E-state index in [-0.39, 0.29) is 39.4 Å². The van der Waals surface area contributed by atoms with E-state index in [1.807, 2.05) is 42.1 Å². The van der Waals surface area contributed by atoms with Crippen LogP contribution in [0.15, 0.2) is 79.0 Å². The Bertz CT molecular complexity index is 727. The standard InChI is InChI=1S/C19H17NOSe2/c1-20-14-8-13-17(20)18(21)19(22-15-9-4-2-5-10-15)23-16-11-6-3-7-12-16/h2-14,19H,1H3. The molecule has 116 valence electrons. The summed E-state index contributed by atoms with van der Waals surface area (Å²) in [5.74, 6) is 0.269. The van der Waals surface area contributed by atoms with Gasteiger partial charge in [0.1, 0.15) is 0 Å². The molecule has 3 aromatic rings. The Morgan fingerprint density at radius 2 is 1.35 bits per heavy atom. The molecule has 0 spiro atoms. The van der Waals surface area contributed by atoms with Crippen LogP contribution in [-0.2, 0) is 7.05 Å². The van der Waals surface area contributed by atoms with E-state index in [9.17, 15) is 4.79 Å². The van der Waals surface area contributed by atoms with Gasteiger partial charge in [-0.25, -0.2) is 0 Å². The maximum absolute atomic E-state index is 13.0. The summed E-state index contributed by atoms with van der Waals surface area (Å²) in [6.07, 6.45) is 1.94. The predicted molar refractivity (Wildman–Crippen MR) is 97.2 cm³/mol. The predicted octanol–water partition coefficient (Wildman–Crippen LogP) is 2.01. The molecule has 0 unspecified atom stereocenters. The fraction of sp³-hybridized carbons (Fsp3) is 0.105. The van der Waals surface area contributed by atoms with Crippen LogP contribution < -0.4 is 8.92 Å². The zero-order valence-corrected chi connectivity index (χ0v) is 16.2. The van der Waals surface area contributed by atoms with Gasteiger partial charge in [-0.3, -0.25) is 0 Å². The van der Waals surface area contributed by atoms with E-state index >= 15 is 0 Å². The number of aromatic nitrogens is 1. The third-order valence-electron chi connectivity index (χ3n) is 3.38. The van der Waals surface area contributed by atoms with Gasteiger partial charge in [0.2, 0.25) is 0 Å². The topological polar surface area (TPSA) is 22.0 Å². The summed E-state index contributed by atoms with van der Waals surface area (Å²) in [6.45, 7) is 0.